The van der Waals surface area contributed by atoms with Crippen LogP contribution in [-0.4, -0.2) is 30.6 Å². The second kappa shape index (κ2) is 13.4. The van der Waals surface area contributed by atoms with E-state index in [0.29, 0.717) is 30.8 Å². The Morgan fingerprint density at radius 3 is 2.45 bits per heavy atom. The van der Waals surface area contributed by atoms with Gasteiger partial charge in [-0.3, -0.25) is 14.9 Å². The fourth-order valence-corrected chi connectivity index (χ4v) is 3.17. The Morgan fingerprint density at radius 2 is 1.74 bits per heavy atom. The van der Waals surface area contributed by atoms with Gasteiger partial charge in [-0.05, 0) is 54.9 Å². The molecule has 2 rings (SSSR count). The van der Waals surface area contributed by atoms with Crippen LogP contribution in [0.5, 0.6) is 5.75 Å². The summed E-state index contributed by atoms with van der Waals surface area (Å²) in [5, 5.41) is 8.54. The molecule has 3 N–H and O–H groups in total. The molecule has 2 aromatic carbocycles. The number of carbonyl (C=O) groups is 2. The van der Waals surface area contributed by atoms with Crippen LogP contribution in [0.4, 0.5) is 5.69 Å². The number of hydrogen-bond acceptors (Lipinski definition) is 4. The van der Waals surface area contributed by atoms with Crippen molar-refractivity contribution in [2.24, 2.45) is 0 Å². The van der Waals surface area contributed by atoms with Crippen LogP contribution >= 0.6 is 12.2 Å². The molecule has 2 amide bonds. The van der Waals surface area contributed by atoms with Crippen molar-refractivity contribution in [3.63, 3.8) is 0 Å². The number of anilines is 1. The van der Waals surface area contributed by atoms with E-state index >= 15 is 0 Å². The lowest BCUT2D eigenvalue weighted by Crippen LogP contribution is -2.34. The summed E-state index contributed by atoms with van der Waals surface area (Å²) in [4.78, 5) is 24.0. The number of rotatable bonds is 11. The second-order valence-corrected chi connectivity index (χ2v) is 7.59. The number of benzene rings is 2. The van der Waals surface area contributed by atoms with Crippen LogP contribution in [0.1, 0.15) is 54.9 Å². The minimum atomic E-state index is -0.316. The van der Waals surface area contributed by atoms with E-state index in [1.54, 1.807) is 25.2 Å². The predicted molar refractivity (Wildman–Crippen MR) is 129 cm³/mol. The van der Waals surface area contributed by atoms with Crippen LogP contribution < -0.4 is 20.7 Å². The molecule has 0 saturated heterocycles. The van der Waals surface area contributed by atoms with E-state index in [9.17, 15) is 9.59 Å². The first-order valence-electron chi connectivity index (χ1n) is 10.7. The van der Waals surface area contributed by atoms with Gasteiger partial charge in [0.25, 0.3) is 5.91 Å². The van der Waals surface area contributed by atoms with Crippen molar-refractivity contribution in [1.82, 2.24) is 10.6 Å². The van der Waals surface area contributed by atoms with Gasteiger partial charge in [-0.2, -0.15) is 0 Å². The van der Waals surface area contributed by atoms with E-state index in [1.165, 1.54) is 12.8 Å². The Hall–Kier alpha value is -2.93. The van der Waals surface area contributed by atoms with Crippen molar-refractivity contribution >= 4 is 34.8 Å². The number of thiocarbonyl (C=S) groups is 1. The standard InChI is InChI=1S/C24H31N3O3S/c1-3-4-5-8-17-30-21-10-7-6-9-20(21)23(29)27-24(31)26-19-14-11-18(12-15-19)13-16-22(28)25-2/h6-7,9-12,14-15H,3-5,8,13,16-17H2,1-2H3,(H,25,28)(H2,26,27,29,31). The molecule has 7 heteroatoms. The Kier molecular flexibility index (Phi) is 10.5. The van der Waals surface area contributed by atoms with Gasteiger partial charge < -0.3 is 15.4 Å². The lowest BCUT2D eigenvalue weighted by Gasteiger charge is -2.13. The molecule has 6 nitrogen and oxygen atoms in total. The van der Waals surface area contributed by atoms with E-state index in [-0.39, 0.29) is 16.9 Å². The third-order valence-corrected chi connectivity index (χ3v) is 4.95. The minimum Gasteiger partial charge on any atom is -0.493 e. The van der Waals surface area contributed by atoms with Crippen LogP contribution in [0.15, 0.2) is 48.5 Å². The first kappa shape index (κ1) is 24.3. The number of aryl methyl sites for hydroxylation is 1. The summed E-state index contributed by atoms with van der Waals surface area (Å²) in [6.07, 6.45) is 5.53. The Balaban J connectivity index is 1.87. The van der Waals surface area contributed by atoms with Gasteiger partial charge in [0.15, 0.2) is 5.11 Å². The van der Waals surface area contributed by atoms with Gasteiger partial charge in [0.1, 0.15) is 5.75 Å². The molecule has 0 radical (unpaired) electrons. The third kappa shape index (κ3) is 8.76. The van der Waals surface area contributed by atoms with Gasteiger partial charge in [-0.25, -0.2) is 0 Å². The molecule has 0 fully saturated rings. The number of amides is 2. The summed E-state index contributed by atoms with van der Waals surface area (Å²) >= 11 is 5.29. The lowest BCUT2D eigenvalue weighted by molar-refractivity contribution is -0.120. The van der Waals surface area contributed by atoms with Crippen molar-refractivity contribution in [2.45, 2.75) is 45.4 Å². The zero-order valence-electron chi connectivity index (χ0n) is 18.2. The van der Waals surface area contributed by atoms with E-state index < -0.39 is 0 Å². The smallest absolute Gasteiger partial charge is 0.261 e. The van der Waals surface area contributed by atoms with Gasteiger partial charge in [-0.15, -0.1) is 0 Å². The van der Waals surface area contributed by atoms with Crippen molar-refractivity contribution < 1.29 is 14.3 Å². The Morgan fingerprint density at radius 1 is 1.00 bits per heavy atom. The number of carbonyl (C=O) groups excluding carboxylic acids is 2. The van der Waals surface area contributed by atoms with Gasteiger partial charge in [0, 0.05) is 19.2 Å². The van der Waals surface area contributed by atoms with E-state index in [2.05, 4.69) is 22.9 Å². The number of nitrogens with one attached hydrogen (secondary N) is 3. The summed E-state index contributed by atoms with van der Waals surface area (Å²) in [6.45, 7) is 2.75. The highest BCUT2D eigenvalue weighted by Crippen LogP contribution is 2.19. The Bertz CT molecular complexity index is 869. The topological polar surface area (TPSA) is 79.5 Å². The molecule has 0 saturated carbocycles. The fourth-order valence-electron chi connectivity index (χ4n) is 2.96. The highest BCUT2D eigenvalue weighted by Gasteiger charge is 2.13. The minimum absolute atomic E-state index is 0.0105. The molecule has 0 unspecified atom stereocenters. The summed E-state index contributed by atoms with van der Waals surface area (Å²) in [5.74, 6) is 0.250. The molecule has 0 aromatic heterocycles. The Labute approximate surface area is 189 Å². The van der Waals surface area contributed by atoms with E-state index in [4.69, 9.17) is 17.0 Å². The quantitative estimate of drug-likeness (QED) is 0.355. The number of unbranched alkanes of at least 4 members (excludes halogenated alkanes) is 3. The first-order chi connectivity index (χ1) is 15.0. The third-order valence-electron chi connectivity index (χ3n) is 4.75. The zero-order valence-corrected chi connectivity index (χ0v) is 19.0. The van der Waals surface area contributed by atoms with Gasteiger partial charge in [0.05, 0.1) is 12.2 Å². The van der Waals surface area contributed by atoms with Crippen LogP contribution in [0.2, 0.25) is 0 Å². The first-order valence-corrected chi connectivity index (χ1v) is 11.1. The highest BCUT2D eigenvalue weighted by molar-refractivity contribution is 7.80. The number of hydrogen-bond donors (Lipinski definition) is 3. The van der Waals surface area contributed by atoms with Crippen LogP contribution in [0.3, 0.4) is 0 Å². The molecule has 0 aliphatic carbocycles. The van der Waals surface area contributed by atoms with E-state index in [0.717, 1.165) is 24.1 Å². The summed E-state index contributed by atoms with van der Waals surface area (Å²) < 4.78 is 5.81. The molecule has 0 aliphatic rings. The molecular formula is C24H31N3O3S. The largest absolute Gasteiger partial charge is 0.493 e. The van der Waals surface area contributed by atoms with Gasteiger partial charge in [0.2, 0.25) is 5.91 Å². The highest BCUT2D eigenvalue weighted by atomic mass is 32.1. The molecule has 0 spiro atoms. The van der Waals surface area contributed by atoms with Crippen molar-refractivity contribution in [3.8, 4) is 5.75 Å². The maximum absolute atomic E-state index is 12.7. The van der Waals surface area contributed by atoms with Crippen LogP contribution in [0, 0.1) is 0 Å². The molecule has 0 bridgehead atoms. The summed E-state index contributed by atoms with van der Waals surface area (Å²) in [7, 11) is 1.63. The fraction of sp³-hybridized carbons (Fsp3) is 0.375. The van der Waals surface area contributed by atoms with Crippen LogP contribution in [0.25, 0.3) is 0 Å². The second-order valence-electron chi connectivity index (χ2n) is 7.18. The molecule has 0 atom stereocenters. The van der Waals surface area contributed by atoms with Crippen molar-refractivity contribution in [2.75, 3.05) is 19.0 Å². The number of ether oxygens (including phenoxy) is 1. The average molecular weight is 442 g/mol. The molecule has 31 heavy (non-hydrogen) atoms. The summed E-state index contributed by atoms with van der Waals surface area (Å²) in [6, 6.07) is 14.8. The molecule has 0 heterocycles. The van der Waals surface area contributed by atoms with Crippen LogP contribution in [-0.2, 0) is 11.2 Å². The zero-order chi connectivity index (χ0) is 22.5. The maximum atomic E-state index is 12.7. The average Bonchev–Trinajstić information content (AvgIpc) is 2.78. The van der Waals surface area contributed by atoms with Gasteiger partial charge in [-0.1, -0.05) is 50.5 Å². The number of para-hydroxylation sites is 1. The SMILES string of the molecule is CCCCCCOc1ccccc1C(=O)NC(=S)Nc1ccc(CCC(=O)NC)cc1. The molecule has 166 valence electrons. The van der Waals surface area contributed by atoms with E-state index in [1.807, 2.05) is 30.3 Å². The normalized spacial score (nSPS) is 10.3. The maximum Gasteiger partial charge on any atom is 0.261 e. The van der Waals surface area contributed by atoms with Gasteiger partial charge >= 0.3 is 0 Å². The summed E-state index contributed by atoms with van der Waals surface area (Å²) in [5.41, 5.74) is 2.26. The molecule has 0 aliphatic heterocycles. The van der Waals surface area contributed by atoms with Crippen molar-refractivity contribution in [3.05, 3.63) is 59.7 Å². The molecular weight excluding hydrogens is 410 g/mol. The monoisotopic (exact) mass is 441 g/mol. The van der Waals surface area contributed by atoms with Crippen molar-refractivity contribution in [1.29, 1.82) is 0 Å². The molecule has 2 aromatic rings. The predicted octanol–water partition coefficient (Wildman–Crippen LogP) is 4.45. The lowest BCUT2D eigenvalue weighted by atomic mass is 10.1.